The van der Waals surface area contributed by atoms with Crippen LogP contribution in [-0.2, 0) is 9.59 Å². The van der Waals surface area contributed by atoms with Gasteiger partial charge in [0.1, 0.15) is 5.76 Å². The molecule has 0 spiro atoms. The molecule has 2 atom stereocenters. The number of rotatable bonds is 3. The molecule has 90 valence electrons. The molecule has 0 aromatic carbocycles. The first kappa shape index (κ1) is 12.9. The van der Waals surface area contributed by atoms with E-state index in [2.05, 4.69) is 0 Å². The second-order valence-electron chi connectivity index (χ2n) is 4.53. The summed E-state index contributed by atoms with van der Waals surface area (Å²) in [5, 5.41) is 29.0. The van der Waals surface area contributed by atoms with E-state index in [0.29, 0.717) is 0 Å². The van der Waals surface area contributed by atoms with Gasteiger partial charge in [-0.15, -0.1) is 0 Å². The van der Waals surface area contributed by atoms with Crippen LogP contribution in [0.4, 0.5) is 0 Å². The summed E-state index contributed by atoms with van der Waals surface area (Å²) in [5.74, 6) is -2.31. The Morgan fingerprint density at radius 3 is 2.31 bits per heavy atom. The molecule has 0 aromatic rings. The maximum atomic E-state index is 11.7. The molecular formula is C11H16O5. The summed E-state index contributed by atoms with van der Waals surface area (Å²) >= 11 is 0. The maximum Gasteiger partial charge on any atom is 0.213 e. The molecule has 5 nitrogen and oxygen atoms in total. The van der Waals surface area contributed by atoms with Gasteiger partial charge >= 0.3 is 0 Å². The Morgan fingerprint density at radius 1 is 1.50 bits per heavy atom. The topological polar surface area (TPSA) is 94.8 Å². The summed E-state index contributed by atoms with van der Waals surface area (Å²) < 4.78 is 0. The highest BCUT2D eigenvalue weighted by molar-refractivity contribution is 6.10. The lowest BCUT2D eigenvalue weighted by atomic mass is 9.88. The van der Waals surface area contributed by atoms with Crippen LogP contribution < -0.4 is 0 Å². The van der Waals surface area contributed by atoms with E-state index in [0.717, 1.165) is 0 Å². The summed E-state index contributed by atoms with van der Waals surface area (Å²) in [6.45, 7) is 4.79. The molecule has 2 unspecified atom stereocenters. The van der Waals surface area contributed by atoms with Crippen molar-refractivity contribution in [2.24, 2.45) is 5.92 Å². The van der Waals surface area contributed by atoms with Crippen LogP contribution in [0.1, 0.15) is 27.2 Å². The summed E-state index contributed by atoms with van der Waals surface area (Å²) in [7, 11) is 0. The highest BCUT2D eigenvalue weighted by Crippen LogP contribution is 2.34. The molecule has 1 rings (SSSR count). The Kier molecular flexibility index (Phi) is 3.21. The van der Waals surface area contributed by atoms with Crippen molar-refractivity contribution in [2.45, 2.75) is 38.9 Å². The highest BCUT2D eigenvalue weighted by Gasteiger charge is 2.56. The van der Waals surface area contributed by atoms with E-state index in [4.69, 9.17) is 0 Å². The van der Waals surface area contributed by atoms with E-state index in [-0.39, 0.29) is 17.9 Å². The van der Waals surface area contributed by atoms with Gasteiger partial charge in [0.05, 0.1) is 0 Å². The van der Waals surface area contributed by atoms with Gasteiger partial charge in [-0.1, -0.05) is 13.8 Å². The van der Waals surface area contributed by atoms with Crippen LogP contribution in [0.25, 0.3) is 0 Å². The smallest absolute Gasteiger partial charge is 0.213 e. The largest absolute Gasteiger partial charge is 0.508 e. The Bertz CT molecular complexity index is 369. The first-order chi connectivity index (χ1) is 7.22. The fourth-order valence-electron chi connectivity index (χ4n) is 1.74. The summed E-state index contributed by atoms with van der Waals surface area (Å²) in [4.78, 5) is 23.1. The zero-order valence-electron chi connectivity index (χ0n) is 9.52. The van der Waals surface area contributed by atoms with Gasteiger partial charge in [-0.2, -0.15) is 0 Å². The SMILES string of the molecule is CC1=C(O)C(O)(C(=O)CC(C)C)C(O)C1=O. The predicted octanol–water partition coefficient (Wildman–Crippen LogP) is 0.108. The molecule has 1 aliphatic rings. The number of Topliss-reactive ketones (excluding diaryl/α,β-unsaturated/α-hetero) is 2. The lowest BCUT2D eigenvalue weighted by molar-refractivity contribution is -0.152. The van der Waals surface area contributed by atoms with Gasteiger partial charge in [-0.3, -0.25) is 9.59 Å². The summed E-state index contributed by atoms with van der Waals surface area (Å²) in [6.07, 6.45) is -1.91. The second kappa shape index (κ2) is 3.99. The third-order valence-electron chi connectivity index (χ3n) is 2.75. The zero-order valence-corrected chi connectivity index (χ0v) is 9.52. The van der Waals surface area contributed by atoms with E-state index in [1.54, 1.807) is 13.8 Å². The van der Waals surface area contributed by atoms with Crippen molar-refractivity contribution in [1.82, 2.24) is 0 Å². The molecule has 0 heterocycles. The first-order valence-corrected chi connectivity index (χ1v) is 5.11. The number of aliphatic hydroxyl groups excluding tert-OH is 2. The third-order valence-corrected chi connectivity index (χ3v) is 2.75. The molecule has 0 aliphatic heterocycles. The molecule has 0 fully saturated rings. The van der Waals surface area contributed by atoms with Crippen LogP contribution in [0.2, 0.25) is 0 Å². The number of ketones is 2. The predicted molar refractivity (Wildman–Crippen MR) is 55.8 cm³/mol. The average molecular weight is 228 g/mol. The van der Waals surface area contributed by atoms with Crippen LogP contribution in [0, 0.1) is 5.92 Å². The summed E-state index contributed by atoms with van der Waals surface area (Å²) in [6, 6.07) is 0. The second-order valence-corrected chi connectivity index (χ2v) is 4.53. The first-order valence-electron chi connectivity index (χ1n) is 5.11. The average Bonchev–Trinajstić information content (AvgIpc) is 2.34. The quantitative estimate of drug-likeness (QED) is 0.637. The van der Waals surface area contributed by atoms with Crippen molar-refractivity contribution >= 4 is 11.6 Å². The lowest BCUT2D eigenvalue weighted by Gasteiger charge is -2.25. The zero-order chi connectivity index (χ0) is 12.7. The summed E-state index contributed by atoms with van der Waals surface area (Å²) in [5.41, 5.74) is -2.61. The van der Waals surface area contributed by atoms with Crippen LogP contribution >= 0.6 is 0 Å². The Hall–Kier alpha value is -1.20. The molecule has 16 heavy (non-hydrogen) atoms. The minimum absolute atomic E-state index is 0.0157. The minimum atomic E-state index is -2.45. The molecule has 0 aromatic heterocycles. The highest BCUT2D eigenvalue weighted by atomic mass is 16.4. The standard InChI is InChI=1S/C11H16O5/c1-5(2)4-7(12)11(16)9(14)6(3)8(13)10(11)15/h5,10,14-16H,4H2,1-3H3. The normalized spacial score (nSPS) is 30.4. The molecular weight excluding hydrogens is 212 g/mol. The molecule has 0 bridgehead atoms. The van der Waals surface area contributed by atoms with Crippen LogP contribution in [-0.4, -0.2) is 38.6 Å². The third kappa shape index (κ3) is 1.66. The van der Waals surface area contributed by atoms with Gasteiger partial charge in [0.25, 0.3) is 0 Å². The Balaban J connectivity index is 3.10. The number of carbonyl (C=O) groups excluding carboxylic acids is 2. The van der Waals surface area contributed by atoms with Crippen LogP contribution in [0.5, 0.6) is 0 Å². The lowest BCUT2D eigenvalue weighted by Crippen LogP contribution is -2.50. The van der Waals surface area contributed by atoms with Crippen molar-refractivity contribution < 1.29 is 24.9 Å². The van der Waals surface area contributed by atoms with Gasteiger partial charge in [0.2, 0.25) is 5.60 Å². The number of aliphatic hydroxyl groups is 3. The fraction of sp³-hybridized carbons (Fsp3) is 0.636. The molecule has 5 heteroatoms. The maximum absolute atomic E-state index is 11.7. The Labute approximate surface area is 93.4 Å². The molecule has 3 N–H and O–H groups in total. The van der Waals surface area contributed by atoms with Crippen molar-refractivity contribution in [2.75, 3.05) is 0 Å². The monoisotopic (exact) mass is 228 g/mol. The Morgan fingerprint density at radius 2 is 2.00 bits per heavy atom. The van der Waals surface area contributed by atoms with E-state index in [1.807, 2.05) is 0 Å². The van der Waals surface area contributed by atoms with E-state index in [1.165, 1.54) is 6.92 Å². The van der Waals surface area contributed by atoms with Crippen molar-refractivity contribution in [1.29, 1.82) is 0 Å². The number of hydrogen-bond donors (Lipinski definition) is 3. The molecule has 0 radical (unpaired) electrons. The van der Waals surface area contributed by atoms with Crippen LogP contribution in [0.3, 0.4) is 0 Å². The molecule has 0 saturated carbocycles. The molecule has 0 saturated heterocycles. The number of hydrogen-bond acceptors (Lipinski definition) is 5. The molecule has 0 amide bonds. The fourth-order valence-corrected chi connectivity index (χ4v) is 1.74. The molecule has 1 aliphatic carbocycles. The van der Waals surface area contributed by atoms with Crippen molar-refractivity contribution in [3.8, 4) is 0 Å². The van der Waals surface area contributed by atoms with E-state index in [9.17, 15) is 24.9 Å². The van der Waals surface area contributed by atoms with Gasteiger partial charge < -0.3 is 15.3 Å². The minimum Gasteiger partial charge on any atom is -0.508 e. The van der Waals surface area contributed by atoms with Gasteiger partial charge in [-0.05, 0) is 12.8 Å². The van der Waals surface area contributed by atoms with Gasteiger partial charge in [-0.25, -0.2) is 0 Å². The van der Waals surface area contributed by atoms with E-state index < -0.39 is 29.0 Å². The van der Waals surface area contributed by atoms with Crippen molar-refractivity contribution in [3.63, 3.8) is 0 Å². The van der Waals surface area contributed by atoms with Gasteiger partial charge in [0.15, 0.2) is 17.7 Å². The number of carbonyl (C=O) groups is 2. The van der Waals surface area contributed by atoms with E-state index >= 15 is 0 Å². The van der Waals surface area contributed by atoms with Crippen molar-refractivity contribution in [3.05, 3.63) is 11.3 Å². The van der Waals surface area contributed by atoms with Crippen LogP contribution in [0.15, 0.2) is 11.3 Å². The van der Waals surface area contributed by atoms with Gasteiger partial charge in [0, 0.05) is 12.0 Å².